The number of fused-ring (bicyclic) bond motifs is 1. The van der Waals surface area contributed by atoms with Crippen LogP contribution in [0.1, 0.15) is 23.9 Å². The number of para-hydroxylation sites is 1. The number of carbonyl (C=O) groups excluding carboxylic acids is 1. The molecule has 0 saturated heterocycles. The van der Waals surface area contributed by atoms with Crippen LogP contribution in [0.5, 0.6) is 0 Å². The Morgan fingerprint density at radius 1 is 1.15 bits per heavy atom. The molecule has 0 radical (unpaired) electrons. The third kappa shape index (κ3) is 2.63. The van der Waals surface area contributed by atoms with Crippen molar-refractivity contribution in [2.45, 2.75) is 20.8 Å². The predicted molar refractivity (Wildman–Crippen MR) is 107 cm³/mol. The molecule has 3 heterocycles. The van der Waals surface area contributed by atoms with Gasteiger partial charge in [-0.2, -0.15) is 4.99 Å². The Labute approximate surface area is 156 Å². The molecule has 1 N–H and O–H groups in total. The second-order valence-corrected chi connectivity index (χ2v) is 7.53. The first-order valence-corrected chi connectivity index (χ1v) is 9.11. The number of carbonyl (C=O) groups is 1. The van der Waals surface area contributed by atoms with Crippen LogP contribution in [0.3, 0.4) is 0 Å². The molecule has 1 amide bonds. The number of aryl methyl sites for hydroxylation is 1. The van der Waals surface area contributed by atoms with Crippen LogP contribution in [0.25, 0.3) is 11.8 Å². The fraction of sp³-hybridized carbons (Fsp3) is 0.150. The molecule has 26 heavy (non-hydrogen) atoms. The first-order chi connectivity index (χ1) is 12.5. The molecule has 4 rings (SSSR count). The summed E-state index contributed by atoms with van der Waals surface area (Å²) < 4.78 is 2.15. The predicted octanol–water partition coefficient (Wildman–Crippen LogP) is 4.26. The maximum atomic E-state index is 12.5. The highest BCUT2D eigenvalue weighted by Gasteiger charge is 2.33. The van der Waals surface area contributed by atoms with Crippen LogP contribution >= 0.6 is 11.8 Å². The number of thioether (sulfide) groups is 1. The van der Waals surface area contributed by atoms with Crippen LogP contribution in [0.15, 0.2) is 58.1 Å². The molecule has 6 heteroatoms. The lowest BCUT2D eigenvalue weighted by molar-refractivity contribution is -0.114. The van der Waals surface area contributed by atoms with Gasteiger partial charge in [-0.1, -0.05) is 30.0 Å². The molecular weight excluding hydrogens is 344 g/mol. The number of hydrogen-bond donors (Lipinski definition) is 1. The molecule has 1 aromatic carbocycles. The van der Waals surface area contributed by atoms with E-state index in [2.05, 4.69) is 21.7 Å². The normalized spacial score (nSPS) is 18.3. The second kappa shape index (κ2) is 6.14. The summed E-state index contributed by atoms with van der Waals surface area (Å²) in [6.07, 6.45) is 3.62. The highest BCUT2D eigenvalue weighted by molar-refractivity contribution is 8.17. The Balaban J connectivity index is 1.78. The number of benzene rings is 1. The van der Waals surface area contributed by atoms with E-state index in [1.165, 1.54) is 11.8 Å². The van der Waals surface area contributed by atoms with E-state index >= 15 is 0 Å². The summed E-state index contributed by atoms with van der Waals surface area (Å²) in [5, 5.41) is 8.99. The molecule has 2 aromatic rings. The largest absolute Gasteiger partial charge is 0.318 e. The summed E-state index contributed by atoms with van der Waals surface area (Å²) >= 11 is 1.42. The number of hydrogen-bond acceptors (Lipinski definition) is 3. The smallest absolute Gasteiger partial charge is 0.283 e. The van der Waals surface area contributed by atoms with Crippen molar-refractivity contribution in [2.75, 3.05) is 0 Å². The quantitative estimate of drug-likeness (QED) is 0.812. The van der Waals surface area contributed by atoms with E-state index in [9.17, 15) is 4.79 Å². The zero-order valence-corrected chi connectivity index (χ0v) is 15.6. The van der Waals surface area contributed by atoms with Crippen LogP contribution in [-0.4, -0.2) is 26.4 Å². The lowest BCUT2D eigenvalue weighted by atomic mass is 10.1. The van der Waals surface area contributed by atoms with Gasteiger partial charge < -0.3 is 4.57 Å². The number of nitrogens with one attached hydrogen (secondary N) is 1. The Kier molecular flexibility index (Phi) is 3.92. The van der Waals surface area contributed by atoms with Crippen LogP contribution in [0.4, 0.5) is 0 Å². The number of amidine groups is 2. The average Bonchev–Trinajstić information content (AvgIpc) is 3.11. The van der Waals surface area contributed by atoms with Crippen molar-refractivity contribution >= 4 is 34.7 Å². The Hall–Kier alpha value is -2.86. The molecule has 1 aromatic heterocycles. The number of rotatable bonds is 2. The summed E-state index contributed by atoms with van der Waals surface area (Å²) in [5.41, 5.74) is 4.41. The monoisotopic (exact) mass is 362 g/mol. The third-order valence-electron chi connectivity index (χ3n) is 4.48. The lowest BCUT2D eigenvalue weighted by Crippen LogP contribution is -2.35. The van der Waals surface area contributed by atoms with Gasteiger partial charge >= 0.3 is 0 Å². The van der Waals surface area contributed by atoms with Crippen molar-refractivity contribution in [3.8, 4) is 5.69 Å². The molecule has 0 unspecified atom stereocenters. The van der Waals surface area contributed by atoms with E-state index in [0.717, 1.165) is 27.5 Å². The number of nitrogens with zero attached hydrogens (tertiary/aromatic N) is 3. The first-order valence-electron chi connectivity index (χ1n) is 8.29. The van der Waals surface area contributed by atoms with E-state index in [1.807, 2.05) is 51.2 Å². The van der Waals surface area contributed by atoms with Crippen LogP contribution in [0, 0.1) is 19.3 Å². The molecule has 0 spiro atoms. The molecule has 0 aliphatic carbocycles. The van der Waals surface area contributed by atoms with Crippen molar-refractivity contribution in [3.05, 3.63) is 70.0 Å². The van der Waals surface area contributed by atoms with Crippen LogP contribution in [0.2, 0.25) is 0 Å². The van der Waals surface area contributed by atoms with Gasteiger partial charge in [0, 0.05) is 28.2 Å². The zero-order chi connectivity index (χ0) is 18.4. The molecule has 130 valence electrons. The number of aromatic nitrogens is 1. The average molecular weight is 362 g/mol. The molecule has 5 nitrogen and oxygen atoms in total. The van der Waals surface area contributed by atoms with Crippen molar-refractivity contribution in [1.29, 1.82) is 5.41 Å². The molecule has 0 fully saturated rings. The number of allylic oxidation sites excluding steroid dienone is 1. The van der Waals surface area contributed by atoms with Gasteiger partial charge in [0.05, 0.1) is 5.57 Å². The first kappa shape index (κ1) is 16.6. The van der Waals surface area contributed by atoms with Gasteiger partial charge in [-0.3, -0.25) is 15.1 Å². The van der Waals surface area contributed by atoms with E-state index < -0.39 is 0 Å². The maximum Gasteiger partial charge on any atom is 0.283 e. The fourth-order valence-electron chi connectivity index (χ4n) is 3.27. The molecule has 0 bridgehead atoms. The lowest BCUT2D eigenvalue weighted by Gasteiger charge is -2.22. The van der Waals surface area contributed by atoms with Crippen molar-refractivity contribution in [2.24, 2.45) is 4.99 Å². The molecule has 2 aliphatic rings. The van der Waals surface area contributed by atoms with Crippen molar-refractivity contribution in [1.82, 2.24) is 9.47 Å². The van der Waals surface area contributed by atoms with E-state index in [4.69, 9.17) is 5.41 Å². The standard InChI is InChI=1S/C20H18N4OS/c1-12-9-15(14(3)24(12)16-7-5-4-6-8-16)10-17-18(21)23-11-13(2)26-20(23)22-19(17)25/h4-11,21H,1-3H3. The van der Waals surface area contributed by atoms with Gasteiger partial charge in [-0.25, -0.2) is 0 Å². The Morgan fingerprint density at radius 2 is 1.88 bits per heavy atom. The van der Waals surface area contributed by atoms with Gasteiger partial charge in [0.15, 0.2) is 5.17 Å². The van der Waals surface area contributed by atoms with E-state index in [1.54, 1.807) is 11.0 Å². The maximum absolute atomic E-state index is 12.5. The summed E-state index contributed by atoms with van der Waals surface area (Å²) in [6, 6.07) is 12.1. The van der Waals surface area contributed by atoms with Crippen molar-refractivity contribution in [3.63, 3.8) is 0 Å². The van der Waals surface area contributed by atoms with Gasteiger partial charge in [-0.15, -0.1) is 0 Å². The summed E-state index contributed by atoms with van der Waals surface area (Å²) in [6.45, 7) is 6.00. The van der Waals surface area contributed by atoms with Gasteiger partial charge in [0.1, 0.15) is 5.84 Å². The number of amides is 1. The van der Waals surface area contributed by atoms with E-state index in [0.29, 0.717) is 10.7 Å². The molecule has 0 saturated carbocycles. The summed E-state index contributed by atoms with van der Waals surface area (Å²) in [4.78, 5) is 19.3. The van der Waals surface area contributed by atoms with Crippen LogP contribution in [-0.2, 0) is 4.79 Å². The second-order valence-electron chi connectivity index (χ2n) is 6.32. The summed E-state index contributed by atoms with van der Waals surface area (Å²) in [5.74, 6) is -0.185. The van der Waals surface area contributed by atoms with E-state index in [-0.39, 0.29) is 11.7 Å². The van der Waals surface area contributed by atoms with Gasteiger partial charge in [0.25, 0.3) is 5.91 Å². The third-order valence-corrected chi connectivity index (χ3v) is 5.38. The minimum Gasteiger partial charge on any atom is -0.318 e. The van der Waals surface area contributed by atoms with Crippen LogP contribution < -0.4 is 0 Å². The molecular formula is C20H18N4OS. The SMILES string of the molecule is CC1=CN2C(=N)C(=Cc3cc(C)n(-c4ccccc4)c3C)C(=O)N=C2S1. The Bertz CT molecular complexity index is 1030. The minimum absolute atomic E-state index is 0.175. The topological polar surface area (TPSA) is 61.5 Å². The fourth-order valence-corrected chi connectivity index (χ4v) is 4.08. The highest BCUT2D eigenvalue weighted by Crippen LogP contribution is 2.33. The highest BCUT2D eigenvalue weighted by atomic mass is 32.2. The molecule has 0 atom stereocenters. The zero-order valence-electron chi connectivity index (χ0n) is 14.8. The summed E-state index contributed by atoms with van der Waals surface area (Å²) in [7, 11) is 0. The van der Waals surface area contributed by atoms with Gasteiger partial charge in [-0.05, 0) is 50.6 Å². The number of aliphatic imine (C=N–C) groups is 1. The minimum atomic E-state index is -0.360. The Morgan fingerprint density at radius 3 is 2.62 bits per heavy atom. The van der Waals surface area contributed by atoms with Gasteiger partial charge in [0.2, 0.25) is 0 Å². The van der Waals surface area contributed by atoms with Crippen molar-refractivity contribution < 1.29 is 4.79 Å². The molecule has 2 aliphatic heterocycles.